The van der Waals surface area contributed by atoms with Crippen molar-refractivity contribution in [3.8, 4) is 6.07 Å². The highest BCUT2D eigenvalue weighted by atomic mass is 16.2. The number of hydrogen-bond donors (Lipinski definition) is 2. The van der Waals surface area contributed by atoms with Crippen LogP contribution in [0.25, 0.3) is 0 Å². The third kappa shape index (κ3) is 7.20. The molecule has 186 valence electrons. The largest absolute Gasteiger partial charge is 0.369 e. The van der Waals surface area contributed by atoms with Crippen molar-refractivity contribution >= 4 is 17.5 Å². The molecule has 0 aromatic heterocycles. The average Bonchev–Trinajstić information content (AvgIpc) is 2.84. The molecule has 34 heavy (non-hydrogen) atoms. The Labute approximate surface area is 204 Å². The lowest BCUT2D eigenvalue weighted by Gasteiger charge is -2.36. The van der Waals surface area contributed by atoms with Gasteiger partial charge in [0.25, 0.3) is 5.91 Å². The molecule has 1 heterocycles. The van der Waals surface area contributed by atoms with E-state index in [0.717, 1.165) is 64.1 Å². The molecule has 1 aromatic rings. The first kappa shape index (κ1) is 26.0. The summed E-state index contributed by atoms with van der Waals surface area (Å²) in [5.74, 6) is -0.216. The summed E-state index contributed by atoms with van der Waals surface area (Å²) in [6.07, 6.45) is 5.29. The number of carbonyl (C=O) groups is 2. The van der Waals surface area contributed by atoms with Crippen molar-refractivity contribution in [2.75, 3.05) is 37.6 Å². The Morgan fingerprint density at radius 1 is 1.09 bits per heavy atom. The number of amides is 2. The summed E-state index contributed by atoms with van der Waals surface area (Å²) in [4.78, 5) is 30.8. The summed E-state index contributed by atoms with van der Waals surface area (Å²) in [5.41, 5.74) is 1.77. The lowest BCUT2D eigenvalue weighted by Crippen LogP contribution is -2.50. The fraction of sp³-hybridized carbons (Fsp3) is 0.667. The lowest BCUT2D eigenvalue weighted by molar-refractivity contribution is -0.127. The molecule has 1 saturated heterocycles. The van der Waals surface area contributed by atoms with E-state index in [1.165, 1.54) is 6.42 Å². The van der Waals surface area contributed by atoms with Crippen LogP contribution in [-0.4, -0.2) is 61.5 Å². The number of nitriles is 1. The zero-order chi connectivity index (χ0) is 24.5. The highest BCUT2D eigenvalue weighted by Crippen LogP contribution is 2.26. The molecule has 2 aliphatic rings. The van der Waals surface area contributed by atoms with Gasteiger partial charge in [-0.05, 0) is 62.4 Å². The Morgan fingerprint density at radius 2 is 1.76 bits per heavy atom. The fourth-order valence-corrected chi connectivity index (χ4v) is 5.13. The van der Waals surface area contributed by atoms with Crippen LogP contribution < -0.4 is 15.5 Å². The minimum Gasteiger partial charge on any atom is -0.369 e. The van der Waals surface area contributed by atoms with E-state index >= 15 is 0 Å². The van der Waals surface area contributed by atoms with Gasteiger partial charge in [-0.1, -0.05) is 33.6 Å². The van der Waals surface area contributed by atoms with E-state index in [1.54, 1.807) is 0 Å². The number of nitrogens with one attached hydrogen (secondary N) is 2. The normalized spacial score (nSPS) is 22.1. The molecule has 0 spiro atoms. The van der Waals surface area contributed by atoms with E-state index in [2.05, 4.69) is 33.4 Å². The van der Waals surface area contributed by atoms with Crippen molar-refractivity contribution in [3.63, 3.8) is 0 Å². The maximum Gasteiger partial charge on any atom is 0.251 e. The lowest BCUT2D eigenvalue weighted by atomic mass is 9.83. The Hall–Kier alpha value is -2.59. The molecule has 3 atom stereocenters. The van der Waals surface area contributed by atoms with Crippen LogP contribution in [0.5, 0.6) is 0 Å². The van der Waals surface area contributed by atoms with Gasteiger partial charge in [0, 0.05) is 43.5 Å². The number of anilines is 1. The van der Waals surface area contributed by atoms with Gasteiger partial charge in [-0.25, -0.2) is 0 Å². The van der Waals surface area contributed by atoms with Crippen molar-refractivity contribution in [3.05, 3.63) is 29.8 Å². The maximum absolute atomic E-state index is 13.0. The topological polar surface area (TPSA) is 88.5 Å². The predicted octanol–water partition coefficient (Wildman–Crippen LogP) is 3.56. The van der Waals surface area contributed by atoms with Crippen LogP contribution in [-0.2, 0) is 4.79 Å². The number of rotatable bonds is 9. The summed E-state index contributed by atoms with van der Waals surface area (Å²) in [6, 6.07) is 9.33. The van der Waals surface area contributed by atoms with E-state index in [9.17, 15) is 14.9 Å². The molecule has 2 N–H and O–H groups in total. The van der Waals surface area contributed by atoms with Gasteiger partial charge in [-0.3, -0.25) is 14.5 Å². The van der Waals surface area contributed by atoms with Gasteiger partial charge in [0.1, 0.15) is 6.04 Å². The summed E-state index contributed by atoms with van der Waals surface area (Å²) in [6.45, 7) is 11.6. The molecule has 0 radical (unpaired) electrons. The molecule has 0 bridgehead atoms. The fourth-order valence-electron chi connectivity index (χ4n) is 5.13. The highest BCUT2D eigenvalue weighted by molar-refractivity contribution is 5.95. The van der Waals surface area contributed by atoms with E-state index in [0.29, 0.717) is 17.9 Å². The van der Waals surface area contributed by atoms with Crippen molar-refractivity contribution in [1.29, 1.82) is 5.26 Å². The summed E-state index contributed by atoms with van der Waals surface area (Å²) < 4.78 is 0. The molecule has 7 heteroatoms. The predicted molar refractivity (Wildman–Crippen MR) is 136 cm³/mol. The molecule has 2 fully saturated rings. The molecule has 0 unspecified atom stereocenters. The highest BCUT2D eigenvalue weighted by Gasteiger charge is 2.33. The van der Waals surface area contributed by atoms with Gasteiger partial charge < -0.3 is 15.5 Å². The third-order valence-electron chi connectivity index (χ3n) is 7.01. The zero-order valence-electron chi connectivity index (χ0n) is 21.1. The maximum atomic E-state index is 13.0. The van der Waals surface area contributed by atoms with E-state index in [1.807, 2.05) is 38.1 Å². The molecule has 1 aliphatic heterocycles. The molecule has 1 aliphatic carbocycles. The van der Waals surface area contributed by atoms with Crippen LogP contribution in [0.15, 0.2) is 24.3 Å². The smallest absolute Gasteiger partial charge is 0.251 e. The Bertz CT molecular complexity index is 840. The van der Waals surface area contributed by atoms with Crippen LogP contribution in [0.1, 0.15) is 69.7 Å². The van der Waals surface area contributed by atoms with Crippen LogP contribution in [0.3, 0.4) is 0 Å². The zero-order valence-corrected chi connectivity index (χ0v) is 21.1. The SMILES string of the molecule is CCCN1CCN(c2ccc(C(=O)N[C@H]3CCCC[C@H]3C(=O)N[C@H](C#N)CC(C)C)cc2)CC1. The van der Waals surface area contributed by atoms with Crippen molar-refractivity contribution < 1.29 is 9.59 Å². The Kier molecular flexibility index (Phi) is 9.76. The van der Waals surface area contributed by atoms with Gasteiger partial charge in [0.15, 0.2) is 0 Å². The molecule has 3 rings (SSSR count). The molecular formula is C27H41N5O2. The quantitative estimate of drug-likeness (QED) is 0.580. The van der Waals surface area contributed by atoms with E-state index in [4.69, 9.17) is 0 Å². The number of hydrogen-bond acceptors (Lipinski definition) is 5. The van der Waals surface area contributed by atoms with Gasteiger partial charge in [0.2, 0.25) is 5.91 Å². The number of nitrogens with zero attached hydrogens (tertiary/aromatic N) is 3. The number of benzene rings is 1. The first-order valence-electron chi connectivity index (χ1n) is 13.0. The summed E-state index contributed by atoms with van der Waals surface area (Å²) in [5, 5.41) is 15.4. The summed E-state index contributed by atoms with van der Waals surface area (Å²) >= 11 is 0. The van der Waals surface area contributed by atoms with Gasteiger partial charge in [0.05, 0.1) is 12.0 Å². The van der Waals surface area contributed by atoms with Gasteiger partial charge >= 0.3 is 0 Å². The monoisotopic (exact) mass is 467 g/mol. The first-order valence-corrected chi connectivity index (χ1v) is 13.0. The van der Waals surface area contributed by atoms with Gasteiger partial charge in [-0.15, -0.1) is 0 Å². The second-order valence-electron chi connectivity index (χ2n) is 10.2. The Balaban J connectivity index is 1.57. The summed E-state index contributed by atoms with van der Waals surface area (Å²) in [7, 11) is 0. The average molecular weight is 468 g/mol. The number of piperazine rings is 1. The first-order chi connectivity index (χ1) is 16.4. The minimum atomic E-state index is -0.484. The molecule has 1 saturated carbocycles. The van der Waals surface area contributed by atoms with Crippen molar-refractivity contribution in [1.82, 2.24) is 15.5 Å². The van der Waals surface area contributed by atoms with Gasteiger partial charge in [-0.2, -0.15) is 5.26 Å². The molecular weight excluding hydrogens is 426 g/mol. The molecule has 2 amide bonds. The van der Waals surface area contributed by atoms with Crippen molar-refractivity contribution in [2.45, 2.75) is 71.4 Å². The third-order valence-corrected chi connectivity index (χ3v) is 7.01. The minimum absolute atomic E-state index is 0.116. The van der Waals surface area contributed by atoms with Crippen LogP contribution in [0.4, 0.5) is 5.69 Å². The Morgan fingerprint density at radius 3 is 2.38 bits per heavy atom. The second kappa shape index (κ2) is 12.8. The van der Waals surface area contributed by atoms with E-state index < -0.39 is 6.04 Å². The standard InChI is InChI=1S/C27H41N5O2/c1-4-13-31-14-16-32(17-15-31)23-11-9-21(10-12-23)26(33)30-25-8-6-5-7-24(25)27(34)29-22(19-28)18-20(2)3/h9-12,20,22,24-25H,4-8,13-18H2,1-3H3,(H,29,34)(H,30,33)/t22-,24+,25-/m0/s1. The number of carbonyl (C=O) groups excluding carboxylic acids is 2. The van der Waals surface area contributed by atoms with Crippen LogP contribution in [0, 0.1) is 23.2 Å². The van der Waals surface area contributed by atoms with Crippen LogP contribution >= 0.6 is 0 Å². The van der Waals surface area contributed by atoms with Crippen LogP contribution in [0.2, 0.25) is 0 Å². The molecule has 7 nitrogen and oxygen atoms in total. The van der Waals surface area contributed by atoms with E-state index in [-0.39, 0.29) is 23.8 Å². The second-order valence-corrected chi connectivity index (χ2v) is 10.2. The molecule has 1 aromatic carbocycles. The van der Waals surface area contributed by atoms with Crippen molar-refractivity contribution in [2.24, 2.45) is 11.8 Å².